The Morgan fingerprint density at radius 1 is 1.00 bits per heavy atom. The fourth-order valence-electron chi connectivity index (χ4n) is 5.95. The Balaban J connectivity index is 1.71. The maximum atomic E-state index is 2.56. The Morgan fingerprint density at radius 2 is 1.78 bits per heavy atom. The Hall–Kier alpha value is 0.700. The molecule has 0 aromatic heterocycles. The predicted octanol–water partition coefficient (Wildman–Crippen LogP) is 5.18. The van der Waals surface area contributed by atoms with Gasteiger partial charge in [0.05, 0.1) is 4.08 Å². The molecule has 1 saturated heterocycles. The second-order valence-corrected chi connectivity index (χ2v) is 11.1. The highest BCUT2D eigenvalue weighted by molar-refractivity contribution is 8.18. The molecular weight excluding hydrogens is 256 g/mol. The van der Waals surface area contributed by atoms with Crippen molar-refractivity contribution >= 4 is 23.5 Å². The minimum absolute atomic E-state index is 0.594. The summed E-state index contributed by atoms with van der Waals surface area (Å²) in [6.45, 7) is 5.12. The van der Waals surface area contributed by atoms with Gasteiger partial charge in [-0.15, -0.1) is 23.5 Å². The van der Waals surface area contributed by atoms with Crippen molar-refractivity contribution < 1.29 is 0 Å². The molecule has 0 amide bonds. The summed E-state index contributed by atoms with van der Waals surface area (Å²) in [5.74, 6) is 5.05. The van der Waals surface area contributed by atoms with Gasteiger partial charge in [-0.2, -0.15) is 0 Å². The van der Waals surface area contributed by atoms with Gasteiger partial charge >= 0.3 is 0 Å². The zero-order valence-corrected chi connectivity index (χ0v) is 13.5. The van der Waals surface area contributed by atoms with E-state index in [4.69, 9.17) is 0 Å². The van der Waals surface area contributed by atoms with Crippen LogP contribution in [0.3, 0.4) is 0 Å². The van der Waals surface area contributed by atoms with Crippen LogP contribution >= 0.6 is 23.5 Å². The maximum Gasteiger partial charge on any atom is 0.0649 e. The number of fused-ring (bicyclic) bond motifs is 1. The Labute approximate surface area is 120 Å². The van der Waals surface area contributed by atoms with Gasteiger partial charge in [0, 0.05) is 0 Å². The lowest BCUT2D eigenvalue weighted by Gasteiger charge is -2.67. The standard InChI is InChI=1S/C16H26S2/c1-14(2)10-15-6-3-5-12(15)9-13(15)16(11-14)17-7-4-8-18-16/h12-13H,3-11H2,1-2H3/t12-,13-,15+/m1/s1. The molecule has 3 aliphatic carbocycles. The summed E-state index contributed by atoms with van der Waals surface area (Å²) in [7, 11) is 0. The minimum atomic E-state index is 0.594. The van der Waals surface area contributed by atoms with Crippen molar-refractivity contribution in [1.82, 2.24) is 0 Å². The van der Waals surface area contributed by atoms with Crippen molar-refractivity contribution in [3.63, 3.8) is 0 Å². The summed E-state index contributed by atoms with van der Waals surface area (Å²) < 4.78 is 0.626. The van der Waals surface area contributed by atoms with E-state index in [0.717, 1.165) is 17.3 Å². The molecule has 0 nitrogen and oxygen atoms in total. The van der Waals surface area contributed by atoms with Crippen LogP contribution < -0.4 is 0 Å². The van der Waals surface area contributed by atoms with E-state index in [2.05, 4.69) is 37.4 Å². The van der Waals surface area contributed by atoms with Crippen LogP contribution in [0.15, 0.2) is 0 Å². The summed E-state index contributed by atoms with van der Waals surface area (Å²) in [6.07, 6.45) is 10.7. The molecule has 3 saturated carbocycles. The highest BCUT2D eigenvalue weighted by Gasteiger charge is 2.68. The molecule has 0 aromatic rings. The van der Waals surface area contributed by atoms with E-state index < -0.39 is 0 Å². The van der Waals surface area contributed by atoms with Gasteiger partial charge in [-0.25, -0.2) is 0 Å². The van der Waals surface area contributed by atoms with E-state index in [0.29, 0.717) is 9.49 Å². The Bertz CT molecular complexity index is 356. The first-order valence-electron chi connectivity index (χ1n) is 7.84. The normalized spacial score (nSPS) is 48.3. The lowest BCUT2D eigenvalue weighted by atomic mass is 9.44. The molecule has 18 heavy (non-hydrogen) atoms. The molecule has 0 unspecified atom stereocenters. The summed E-state index contributed by atoms with van der Waals surface area (Å²) in [5.41, 5.74) is 1.38. The summed E-state index contributed by atoms with van der Waals surface area (Å²) >= 11 is 4.72. The van der Waals surface area contributed by atoms with Crippen molar-refractivity contribution in [3.05, 3.63) is 0 Å². The minimum Gasteiger partial charge on any atom is -0.144 e. The van der Waals surface area contributed by atoms with Crippen LogP contribution in [0.5, 0.6) is 0 Å². The predicted molar refractivity (Wildman–Crippen MR) is 83.2 cm³/mol. The van der Waals surface area contributed by atoms with Gasteiger partial charge in [0.1, 0.15) is 0 Å². The molecule has 0 aromatic carbocycles. The van der Waals surface area contributed by atoms with Crippen LogP contribution in [-0.2, 0) is 0 Å². The number of hydrogen-bond donors (Lipinski definition) is 0. The van der Waals surface area contributed by atoms with Gasteiger partial charge in [0.15, 0.2) is 0 Å². The zero-order valence-electron chi connectivity index (χ0n) is 11.8. The van der Waals surface area contributed by atoms with Crippen LogP contribution in [0.1, 0.15) is 58.8 Å². The largest absolute Gasteiger partial charge is 0.144 e. The molecule has 0 radical (unpaired) electrons. The van der Waals surface area contributed by atoms with Gasteiger partial charge in [-0.1, -0.05) is 20.3 Å². The van der Waals surface area contributed by atoms with Crippen molar-refractivity contribution in [2.24, 2.45) is 22.7 Å². The highest BCUT2D eigenvalue weighted by Crippen LogP contribution is 2.76. The third-order valence-electron chi connectivity index (χ3n) is 6.27. The van der Waals surface area contributed by atoms with Crippen LogP contribution in [-0.4, -0.2) is 15.6 Å². The van der Waals surface area contributed by atoms with E-state index >= 15 is 0 Å². The van der Waals surface area contributed by atoms with Crippen LogP contribution in [0.25, 0.3) is 0 Å². The van der Waals surface area contributed by atoms with Crippen LogP contribution in [0, 0.1) is 22.7 Å². The van der Waals surface area contributed by atoms with Crippen LogP contribution in [0.2, 0.25) is 0 Å². The van der Waals surface area contributed by atoms with E-state index in [1.807, 2.05) is 0 Å². The van der Waals surface area contributed by atoms with Crippen molar-refractivity contribution in [2.45, 2.75) is 62.9 Å². The molecule has 1 aliphatic heterocycles. The summed E-state index contributed by atoms with van der Waals surface area (Å²) in [4.78, 5) is 0. The van der Waals surface area contributed by atoms with Crippen molar-refractivity contribution in [1.29, 1.82) is 0 Å². The number of thioether (sulfide) groups is 2. The van der Waals surface area contributed by atoms with Gasteiger partial charge in [0.25, 0.3) is 0 Å². The molecule has 0 N–H and O–H groups in total. The zero-order chi connectivity index (χ0) is 12.4. The lowest BCUT2D eigenvalue weighted by Crippen LogP contribution is -2.61. The Kier molecular flexibility index (Phi) is 2.68. The molecular formula is C16H26S2. The fraction of sp³-hybridized carbons (Fsp3) is 1.00. The first-order valence-corrected chi connectivity index (χ1v) is 9.82. The third kappa shape index (κ3) is 1.54. The van der Waals surface area contributed by atoms with Crippen molar-refractivity contribution in [2.75, 3.05) is 11.5 Å². The van der Waals surface area contributed by atoms with E-state index in [1.165, 1.54) is 37.2 Å². The van der Waals surface area contributed by atoms with Crippen molar-refractivity contribution in [3.8, 4) is 0 Å². The smallest absolute Gasteiger partial charge is 0.0649 e. The first kappa shape index (κ1) is 12.4. The number of rotatable bonds is 0. The molecule has 1 heterocycles. The average molecular weight is 283 g/mol. The molecule has 3 atom stereocenters. The summed E-state index contributed by atoms with van der Waals surface area (Å²) in [6, 6.07) is 0. The fourth-order valence-corrected chi connectivity index (χ4v) is 10.3. The third-order valence-corrected chi connectivity index (χ3v) is 9.79. The van der Waals surface area contributed by atoms with Gasteiger partial charge < -0.3 is 0 Å². The van der Waals surface area contributed by atoms with Gasteiger partial charge in [-0.3, -0.25) is 0 Å². The van der Waals surface area contributed by atoms with E-state index in [-0.39, 0.29) is 0 Å². The maximum absolute atomic E-state index is 2.56. The molecule has 102 valence electrons. The molecule has 4 aliphatic rings. The Morgan fingerprint density at radius 3 is 2.50 bits per heavy atom. The molecule has 2 spiro atoms. The highest BCUT2D eigenvalue weighted by atomic mass is 32.2. The summed E-state index contributed by atoms with van der Waals surface area (Å²) in [5, 5.41) is 0. The second-order valence-electron chi connectivity index (χ2n) is 7.99. The lowest BCUT2D eigenvalue weighted by molar-refractivity contribution is -0.105. The quantitative estimate of drug-likeness (QED) is 0.600. The first-order chi connectivity index (χ1) is 8.57. The monoisotopic (exact) mass is 282 g/mol. The van der Waals surface area contributed by atoms with E-state index in [1.54, 1.807) is 19.3 Å². The van der Waals surface area contributed by atoms with Gasteiger partial charge in [0.2, 0.25) is 0 Å². The van der Waals surface area contributed by atoms with Gasteiger partial charge in [-0.05, 0) is 72.7 Å². The van der Waals surface area contributed by atoms with Crippen LogP contribution in [0.4, 0.5) is 0 Å². The number of hydrogen-bond acceptors (Lipinski definition) is 2. The topological polar surface area (TPSA) is 0 Å². The molecule has 4 fully saturated rings. The van der Waals surface area contributed by atoms with E-state index in [9.17, 15) is 0 Å². The molecule has 0 bridgehead atoms. The molecule has 2 heteroatoms. The SMILES string of the molecule is CC1(C)CC2(SCCCS2)[C@@H]2C[C@H]3CCC[C@]32C1. The average Bonchev–Trinajstić information content (AvgIpc) is 2.56. The second kappa shape index (κ2) is 3.87. The molecule has 4 rings (SSSR count).